The van der Waals surface area contributed by atoms with Gasteiger partial charge >= 0.3 is 5.97 Å². The first-order chi connectivity index (χ1) is 8.36. The van der Waals surface area contributed by atoms with E-state index in [4.69, 9.17) is 14.3 Å². The van der Waals surface area contributed by atoms with Gasteiger partial charge in [0.1, 0.15) is 10.7 Å². The van der Waals surface area contributed by atoms with Gasteiger partial charge in [0.25, 0.3) is 0 Å². The van der Waals surface area contributed by atoms with Crippen LogP contribution in [0.15, 0.2) is 15.4 Å². The number of esters is 1. The van der Waals surface area contributed by atoms with Crippen LogP contribution < -0.4 is 5.14 Å². The van der Waals surface area contributed by atoms with Crippen molar-refractivity contribution < 1.29 is 22.4 Å². The molecular formula is C11H17NO5S. The molecule has 0 unspecified atom stereocenters. The second-order valence-electron chi connectivity index (χ2n) is 3.92. The van der Waals surface area contributed by atoms with Gasteiger partial charge in [-0.25, -0.2) is 18.4 Å². The van der Waals surface area contributed by atoms with Crippen LogP contribution in [-0.2, 0) is 14.8 Å². The summed E-state index contributed by atoms with van der Waals surface area (Å²) in [5, 5.41) is 4.97. The smallest absolute Gasteiger partial charge is 0.374 e. The van der Waals surface area contributed by atoms with Crippen molar-refractivity contribution in [2.75, 3.05) is 6.61 Å². The minimum absolute atomic E-state index is 0.0815. The number of aryl methyl sites for hydroxylation is 1. The molecule has 0 aliphatic heterocycles. The molecule has 0 aliphatic carbocycles. The average molecular weight is 275 g/mol. The molecule has 0 amide bonds. The van der Waals surface area contributed by atoms with Crippen LogP contribution >= 0.6 is 0 Å². The predicted octanol–water partition coefficient (Wildman–Crippen LogP) is 1.58. The number of carbonyl (C=O) groups is 1. The highest BCUT2D eigenvalue weighted by Crippen LogP contribution is 2.19. The summed E-state index contributed by atoms with van der Waals surface area (Å²) in [5.41, 5.74) is 0. The molecule has 6 nitrogen and oxygen atoms in total. The summed E-state index contributed by atoms with van der Waals surface area (Å²) in [6, 6.07) is 1.09. The Morgan fingerprint density at radius 1 is 1.44 bits per heavy atom. The van der Waals surface area contributed by atoms with Crippen molar-refractivity contribution in [3.05, 3.63) is 17.6 Å². The van der Waals surface area contributed by atoms with Crippen LogP contribution in [0.25, 0.3) is 0 Å². The number of primary sulfonamides is 1. The molecule has 1 aromatic rings. The summed E-state index contributed by atoms with van der Waals surface area (Å²) in [6.45, 7) is 3.75. The zero-order valence-corrected chi connectivity index (χ0v) is 11.2. The summed E-state index contributed by atoms with van der Waals surface area (Å²) in [4.78, 5) is 11.4. The van der Waals surface area contributed by atoms with Crippen molar-refractivity contribution in [1.29, 1.82) is 0 Å². The van der Waals surface area contributed by atoms with Gasteiger partial charge in [0.05, 0.1) is 6.61 Å². The molecule has 2 N–H and O–H groups in total. The number of unbranched alkanes of at least 4 members (excludes halogenated alkanes) is 2. The van der Waals surface area contributed by atoms with Crippen LogP contribution in [0.1, 0.15) is 42.5 Å². The van der Waals surface area contributed by atoms with Gasteiger partial charge in [-0.3, -0.25) is 0 Å². The highest BCUT2D eigenvalue weighted by molar-refractivity contribution is 7.89. The first-order valence-corrected chi connectivity index (χ1v) is 7.21. The molecule has 1 rings (SSSR count). The van der Waals surface area contributed by atoms with Gasteiger partial charge in [-0.15, -0.1) is 0 Å². The maximum absolute atomic E-state index is 11.5. The topological polar surface area (TPSA) is 99.6 Å². The van der Waals surface area contributed by atoms with E-state index in [0.717, 1.165) is 25.3 Å². The number of carbonyl (C=O) groups excluding carboxylic acids is 1. The van der Waals surface area contributed by atoms with E-state index in [1.807, 2.05) is 6.92 Å². The third kappa shape index (κ3) is 3.85. The van der Waals surface area contributed by atoms with Gasteiger partial charge in [0.2, 0.25) is 15.8 Å². The van der Waals surface area contributed by atoms with E-state index < -0.39 is 16.0 Å². The predicted molar refractivity (Wildman–Crippen MR) is 64.6 cm³/mol. The lowest BCUT2D eigenvalue weighted by atomic mass is 10.3. The molecule has 0 atom stereocenters. The van der Waals surface area contributed by atoms with E-state index in [1.165, 1.54) is 6.92 Å². The average Bonchev–Trinajstić information content (AvgIpc) is 2.66. The molecule has 1 heterocycles. The molecule has 1 aromatic heterocycles. The second kappa shape index (κ2) is 6.01. The van der Waals surface area contributed by atoms with Gasteiger partial charge < -0.3 is 9.15 Å². The summed E-state index contributed by atoms with van der Waals surface area (Å²) < 4.78 is 32.3. The van der Waals surface area contributed by atoms with E-state index in [2.05, 4.69) is 0 Å². The van der Waals surface area contributed by atoms with Gasteiger partial charge in [-0.05, 0) is 13.3 Å². The molecule has 0 aromatic carbocycles. The summed E-state index contributed by atoms with van der Waals surface area (Å²) in [5.74, 6) is -0.741. The number of ether oxygens (including phenoxy) is 1. The van der Waals surface area contributed by atoms with Crippen LogP contribution in [0.3, 0.4) is 0 Å². The largest absolute Gasteiger partial charge is 0.460 e. The van der Waals surface area contributed by atoms with Crippen molar-refractivity contribution in [2.45, 2.75) is 38.0 Å². The molecule has 0 saturated carbocycles. The van der Waals surface area contributed by atoms with Crippen LogP contribution in [0.2, 0.25) is 0 Å². The summed E-state index contributed by atoms with van der Waals surface area (Å²) in [6.07, 6.45) is 2.75. The standard InChI is InChI=1S/C11H17NO5S/c1-3-4-5-6-16-11(13)9-7-10(8(2)17-9)18(12,14)15/h7H,3-6H2,1-2H3,(H2,12,14,15). The Bertz CT molecular complexity index is 518. The highest BCUT2D eigenvalue weighted by Gasteiger charge is 2.21. The molecule has 102 valence electrons. The third-order valence-electron chi connectivity index (χ3n) is 2.36. The normalized spacial score (nSPS) is 11.5. The van der Waals surface area contributed by atoms with Crippen LogP contribution in [0.4, 0.5) is 0 Å². The van der Waals surface area contributed by atoms with Gasteiger partial charge in [-0.2, -0.15) is 0 Å². The van der Waals surface area contributed by atoms with Crippen LogP contribution in [0, 0.1) is 6.92 Å². The molecule has 18 heavy (non-hydrogen) atoms. The molecule has 7 heteroatoms. The number of hydrogen-bond donors (Lipinski definition) is 1. The molecule has 0 radical (unpaired) electrons. The lowest BCUT2D eigenvalue weighted by Gasteiger charge is -2.01. The van der Waals surface area contributed by atoms with Crippen molar-refractivity contribution in [2.24, 2.45) is 5.14 Å². The SMILES string of the molecule is CCCCCOC(=O)c1cc(S(N)(=O)=O)c(C)o1. The second-order valence-corrected chi connectivity index (χ2v) is 5.45. The fourth-order valence-corrected chi connectivity index (χ4v) is 2.15. The molecule has 0 bridgehead atoms. The zero-order chi connectivity index (χ0) is 13.8. The molecule has 0 aliphatic rings. The molecule has 0 spiro atoms. The summed E-state index contributed by atoms with van der Waals surface area (Å²) >= 11 is 0. The Morgan fingerprint density at radius 3 is 2.61 bits per heavy atom. The maximum atomic E-state index is 11.5. The minimum Gasteiger partial charge on any atom is -0.460 e. The highest BCUT2D eigenvalue weighted by atomic mass is 32.2. The summed E-state index contributed by atoms with van der Waals surface area (Å²) in [7, 11) is -3.88. The van der Waals surface area contributed by atoms with E-state index in [1.54, 1.807) is 0 Å². The fraction of sp³-hybridized carbons (Fsp3) is 0.545. The molecule has 0 fully saturated rings. The van der Waals surface area contributed by atoms with Gasteiger partial charge in [0, 0.05) is 6.07 Å². The first-order valence-electron chi connectivity index (χ1n) is 5.66. The van der Waals surface area contributed by atoms with Gasteiger partial charge in [-0.1, -0.05) is 19.8 Å². The maximum Gasteiger partial charge on any atom is 0.374 e. The Morgan fingerprint density at radius 2 is 2.11 bits per heavy atom. The Hall–Kier alpha value is -1.34. The number of furan rings is 1. The minimum atomic E-state index is -3.88. The molecule has 0 saturated heterocycles. The number of rotatable bonds is 6. The Balaban J connectivity index is 2.71. The number of hydrogen-bond acceptors (Lipinski definition) is 5. The van der Waals surface area contributed by atoms with E-state index >= 15 is 0 Å². The van der Waals surface area contributed by atoms with Crippen molar-refractivity contribution >= 4 is 16.0 Å². The van der Waals surface area contributed by atoms with Crippen LogP contribution in [0.5, 0.6) is 0 Å². The number of sulfonamides is 1. The van der Waals surface area contributed by atoms with Crippen molar-refractivity contribution in [1.82, 2.24) is 0 Å². The lowest BCUT2D eigenvalue weighted by Crippen LogP contribution is -2.12. The monoisotopic (exact) mass is 275 g/mol. The van der Waals surface area contributed by atoms with Crippen LogP contribution in [-0.4, -0.2) is 21.0 Å². The Kier molecular flexibility index (Phi) is 4.92. The van der Waals surface area contributed by atoms with Gasteiger partial charge in [0.15, 0.2) is 0 Å². The van der Waals surface area contributed by atoms with E-state index in [-0.39, 0.29) is 23.0 Å². The van der Waals surface area contributed by atoms with E-state index in [0.29, 0.717) is 0 Å². The lowest BCUT2D eigenvalue weighted by molar-refractivity contribution is 0.0460. The fourth-order valence-electron chi connectivity index (χ4n) is 1.44. The Labute approximate surface area is 106 Å². The molecular weight excluding hydrogens is 258 g/mol. The van der Waals surface area contributed by atoms with Crippen molar-refractivity contribution in [3.8, 4) is 0 Å². The van der Waals surface area contributed by atoms with E-state index in [9.17, 15) is 13.2 Å². The quantitative estimate of drug-likeness (QED) is 0.627. The first kappa shape index (κ1) is 14.7. The third-order valence-corrected chi connectivity index (χ3v) is 3.38. The zero-order valence-electron chi connectivity index (χ0n) is 10.4. The van der Waals surface area contributed by atoms with Crippen molar-refractivity contribution in [3.63, 3.8) is 0 Å². The number of nitrogens with two attached hydrogens (primary N) is 1.